The van der Waals surface area contributed by atoms with Gasteiger partial charge in [-0.15, -0.1) is 54.1 Å². The van der Waals surface area contributed by atoms with Crippen LogP contribution in [0, 0.1) is 19.1 Å². The minimum Gasteiger partial charge on any atom is -0.500 e. The van der Waals surface area contributed by atoms with E-state index in [1.807, 2.05) is 54.7 Å². The smallest absolute Gasteiger partial charge is 0.128 e. The van der Waals surface area contributed by atoms with Gasteiger partial charge in [0.05, 0.1) is 5.58 Å². The molecule has 0 aliphatic rings. The first kappa shape index (κ1) is 30.3. The number of aromatic nitrogens is 2. The first-order valence-electron chi connectivity index (χ1n) is 15.3. The zero-order chi connectivity index (χ0) is 30.9. The standard InChI is InChI=1S/C32H20NO.C11H8N.Ir/c1-20-24-9-4-2-7-21(24)13-15-25(20)23-17-18-33-30(19-23)29-12-6-11-27-28-16-14-22-8-3-5-10-26(22)31(28)34-32(27)29;1-2-6-10(7-3-1)11-8-4-5-9-12-11;/h2-11,13-19H,1H3;1-6,8-9H;/q2*-1;. The number of hydrogen-bond donors (Lipinski definition) is 0. The average Bonchev–Trinajstić information content (AvgIpc) is 3.53. The van der Waals surface area contributed by atoms with Gasteiger partial charge in [0.1, 0.15) is 5.58 Å². The second-order valence-electron chi connectivity index (χ2n) is 11.2. The van der Waals surface area contributed by atoms with Crippen LogP contribution in [-0.2, 0) is 20.1 Å². The van der Waals surface area contributed by atoms with Crippen molar-refractivity contribution in [3.05, 3.63) is 170 Å². The van der Waals surface area contributed by atoms with Crippen molar-refractivity contribution in [1.29, 1.82) is 0 Å². The third kappa shape index (κ3) is 5.74. The number of rotatable bonds is 3. The molecule has 0 bridgehead atoms. The molecule has 0 aliphatic heterocycles. The van der Waals surface area contributed by atoms with Crippen molar-refractivity contribution >= 4 is 43.5 Å². The number of pyridine rings is 2. The second-order valence-corrected chi connectivity index (χ2v) is 11.2. The Hall–Kier alpha value is -5.41. The van der Waals surface area contributed by atoms with Gasteiger partial charge in [0, 0.05) is 43.3 Å². The van der Waals surface area contributed by atoms with Gasteiger partial charge in [0.15, 0.2) is 0 Å². The number of furan rings is 1. The largest absolute Gasteiger partial charge is 0.500 e. The van der Waals surface area contributed by atoms with E-state index in [0.717, 1.165) is 55.4 Å². The van der Waals surface area contributed by atoms with Crippen LogP contribution >= 0.6 is 0 Å². The molecule has 0 atom stereocenters. The molecule has 227 valence electrons. The molecule has 3 aromatic heterocycles. The predicted octanol–water partition coefficient (Wildman–Crippen LogP) is 11.3. The van der Waals surface area contributed by atoms with Crippen LogP contribution in [-0.4, -0.2) is 9.97 Å². The van der Waals surface area contributed by atoms with Crippen LogP contribution in [0.1, 0.15) is 5.56 Å². The summed E-state index contributed by atoms with van der Waals surface area (Å²) in [4.78, 5) is 8.94. The summed E-state index contributed by atoms with van der Waals surface area (Å²) in [5.74, 6) is 0. The molecular weight excluding hydrogens is 753 g/mol. The van der Waals surface area contributed by atoms with Gasteiger partial charge in [-0.25, -0.2) is 0 Å². The topological polar surface area (TPSA) is 38.9 Å². The van der Waals surface area contributed by atoms with Crippen molar-refractivity contribution in [2.24, 2.45) is 0 Å². The molecule has 0 saturated heterocycles. The molecular formula is C43H28IrN2O-2. The summed E-state index contributed by atoms with van der Waals surface area (Å²) in [5, 5.41) is 7.03. The maximum Gasteiger partial charge on any atom is 0.128 e. The fraction of sp³-hybridized carbons (Fsp3) is 0.0233. The third-order valence-electron chi connectivity index (χ3n) is 8.50. The second kappa shape index (κ2) is 13.1. The molecule has 0 aliphatic carbocycles. The normalized spacial score (nSPS) is 10.9. The fourth-order valence-corrected chi connectivity index (χ4v) is 6.21. The van der Waals surface area contributed by atoms with E-state index in [9.17, 15) is 0 Å². The van der Waals surface area contributed by atoms with E-state index in [2.05, 4.69) is 115 Å². The van der Waals surface area contributed by atoms with Gasteiger partial charge < -0.3 is 14.4 Å². The Morgan fingerprint density at radius 2 is 1.26 bits per heavy atom. The molecule has 6 aromatic carbocycles. The monoisotopic (exact) mass is 781 g/mol. The summed E-state index contributed by atoms with van der Waals surface area (Å²) in [6, 6.07) is 54.1. The van der Waals surface area contributed by atoms with E-state index in [-0.39, 0.29) is 20.1 Å². The van der Waals surface area contributed by atoms with Crippen LogP contribution in [0.3, 0.4) is 0 Å². The van der Waals surface area contributed by atoms with Crippen molar-refractivity contribution in [2.45, 2.75) is 6.92 Å². The summed E-state index contributed by atoms with van der Waals surface area (Å²) in [6.45, 7) is 2.19. The van der Waals surface area contributed by atoms with E-state index in [1.54, 1.807) is 6.20 Å². The van der Waals surface area contributed by atoms with Gasteiger partial charge in [0.2, 0.25) is 0 Å². The van der Waals surface area contributed by atoms with Crippen LogP contribution in [0.2, 0.25) is 0 Å². The van der Waals surface area contributed by atoms with Crippen molar-refractivity contribution < 1.29 is 24.5 Å². The molecule has 0 spiro atoms. The van der Waals surface area contributed by atoms with Gasteiger partial charge >= 0.3 is 0 Å². The molecule has 3 nitrogen and oxygen atoms in total. The number of fused-ring (bicyclic) bond motifs is 6. The van der Waals surface area contributed by atoms with Crippen molar-refractivity contribution in [3.63, 3.8) is 0 Å². The molecule has 47 heavy (non-hydrogen) atoms. The quantitative estimate of drug-likeness (QED) is 0.168. The van der Waals surface area contributed by atoms with Crippen molar-refractivity contribution in [1.82, 2.24) is 9.97 Å². The first-order valence-corrected chi connectivity index (χ1v) is 15.3. The summed E-state index contributed by atoms with van der Waals surface area (Å²) < 4.78 is 6.51. The number of hydrogen-bond acceptors (Lipinski definition) is 3. The molecule has 0 amide bonds. The molecule has 0 saturated carbocycles. The Morgan fingerprint density at radius 1 is 0.532 bits per heavy atom. The molecule has 0 fully saturated rings. The number of aryl methyl sites for hydroxylation is 1. The van der Waals surface area contributed by atoms with Crippen LogP contribution in [0.5, 0.6) is 0 Å². The molecule has 0 unspecified atom stereocenters. The Kier molecular flexibility index (Phi) is 8.46. The zero-order valence-electron chi connectivity index (χ0n) is 25.6. The average molecular weight is 781 g/mol. The molecule has 9 aromatic rings. The van der Waals surface area contributed by atoms with Gasteiger partial charge in [-0.05, 0) is 63.3 Å². The molecule has 0 N–H and O–H groups in total. The van der Waals surface area contributed by atoms with E-state index < -0.39 is 0 Å². The van der Waals surface area contributed by atoms with Gasteiger partial charge in [-0.1, -0.05) is 102 Å². The molecule has 4 heteroatoms. The maximum atomic E-state index is 6.51. The maximum absolute atomic E-state index is 6.51. The van der Waals surface area contributed by atoms with Crippen molar-refractivity contribution in [3.8, 4) is 33.6 Å². The Morgan fingerprint density at radius 3 is 2.06 bits per heavy atom. The van der Waals surface area contributed by atoms with Crippen molar-refractivity contribution in [2.75, 3.05) is 0 Å². The fourth-order valence-electron chi connectivity index (χ4n) is 6.21. The summed E-state index contributed by atoms with van der Waals surface area (Å²) in [7, 11) is 0. The van der Waals surface area contributed by atoms with Gasteiger partial charge in [-0.2, -0.15) is 0 Å². The summed E-state index contributed by atoms with van der Waals surface area (Å²) in [5.41, 5.74) is 9.12. The van der Waals surface area contributed by atoms with Crippen LogP contribution < -0.4 is 0 Å². The number of nitrogens with zero attached hydrogens (tertiary/aromatic N) is 2. The summed E-state index contributed by atoms with van der Waals surface area (Å²) >= 11 is 0. The predicted molar refractivity (Wildman–Crippen MR) is 189 cm³/mol. The van der Waals surface area contributed by atoms with E-state index in [0.29, 0.717) is 0 Å². The van der Waals surface area contributed by atoms with Crippen LogP contribution in [0.25, 0.3) is 77.1 Å². The Bertz CT molecular complexity index is 2450. The Labute approximate surface area is 286 Å². The first-order chi connectivity index (χ1) is 22.7. The number of benzene rings is 6. The van der Waals surface area contributed by atoms with Gasteiger partial charge in [-0.3, -0.25) is 0 Å². The van der Waals surface area contributed by atoms with Crippen LogP contribution in [0.15, 0.2) is 156 Å². The van der Waals surface area contributed by atoms with E-state index in [1.165, 1.54) is 27.3 Å². The zero-order valence-corrected chi connectivity index (χ0v) is 28.0. The SMILES string of the molecule is Cc1c(-c2ccnc(-c3[c-]ccc4c3oc3c5ccccc5ccc43)c2)ccc2ccccc12.[Ir].[c-]1ccccc1-c1ccccn1. The molecule has 1 radical (unpaired) electrons. The molecule has 3 heterocycles. The minimum absolute atomic E-state index is 0. The third-order valence-corrected chi connectivity index (χ3v) is 8.50. The van der Waals surface area contributed by atoms with E-state index in [4.69, 9.17) is 9.40 Å². The Balaban J connectivity index is 0.000000228. The minimum atomic E-state index is 0. The van der Waals surface area contributed by atoms with Crippen LogP contribution in [0.4, 0.5) is 0 Å². The molecule has 9 rings (SSSR count). The summed E-state index contributed by atoms with van der Waals surface area (Å²) in [6.07, 6.45) is 3.67. The van der Waals surface area contributed by atoms with E-state index >= 15 is 0 Å². The van der Waals surface area contributed by atoms with Gasteiger partial charge in [0.25, 0.3) is 0 Å².